The van der Waals surface area contributed by atoms with E-state index in [1.165, 1.54) is 359 Å². The van der Waals surface area contributed by atoms with Crippen molar-refractivity contribution in [2.24, 2.45) is 0 Å². The molecule has 83 heavy (non-hydrogen) atoms. The molecule has 0 bridgehead atoms. The summed E-state index contributed by atoms with van der Waals surface area (Å²) < 4.78 is 68.2. The maximum atomic E-state index is 11.4. The Hall–Kier alpha value is -0.480. The summed E-state index contributed by atoms with van der Waals surface area (Å²) >= 11 is 0. The van der Waals surface area contributed by atoms with Crippen LogP contribution in [-0.2, 0) is 33.1 Å². The minimum atomic E-state index is -4.36. The van der Waals surface area contributed by atoms with Gasteiger partial charge in [-0.3, -0.25) is 0 Å². The van der Waals surface area contributed by atoms with E-state index in [2.05, 4.69) is 13.8 Å². The fourth-order valence-corrected chi connectivity index (χ4v) is 13.7. The van der Waals surface area contributed by atoms with Gasteiger partial charge in [0.1, 0.15) is 20.2 Å². The molecule has 0 spiro atoms. The molecular weight excluding hydrogens is 1090 g/mol. The van der Waals surface area contributed by atoms with Crippen molar-refractivity contribution in [2.75, 3.05) is 0 Å². The van der Waals surface area contributed by atoms with E-state index in [9.17, 15) is 25.9 Å². The van der Waals surface area contributed by atoms with Gasteiger partial charge in [0.15, 0.2) is 0 Å². The maximum Gasteiger partial charge on any atom is 2.00 e. The molecule has 0 fully saturated rings. The average molecular weight is 1220 g/mol. The largest absolute Gasteiger partial charge is 2.00 e. The van der Waals surface area contributed by atoms with Crippen molar-refractivity contribution in [3.8, 4) is 0 Å². The van der Waals surface area contributed by atoms with Crippen LogP contribution in [0, 0.1) is 0 Å². The first-order valence-electron chi connectivity index (χ1n) is 36.2. The second kappa shape index (κ2) is 63.1. The number of hydrogen-bond donors (Lipinski definition) is 0. The molecule has 0 aromatic heterocycles. The molecule has 6 nitrogen and oxygen atoms in total. The third kappa shape index (κ3) is 56.5. The third-order valence-electron chi connectivity index (χ3n) is 17.6. The maximum absolute atomic E-state index is 11.4. The van der Waals surface area contributed by atoms with Crippen molar-refractivity contribution in [1.29, 1.82) is 0 Å². The minimum Gasteiger partial charge on any atom is -0.744 e. The molecule has 0 N–H and O–H groups in total. The van der Waals surface area contributed by atoms with Gasteiger partial charge in [-0.1, -0.05) is 410 Å². The molecule has 0 aliphatic rings. The SMILES string of the molecule is CCCCCCCCCCCCCCCCCCCCCCCCCCCCCCCc1ccccc1S(=O)(=O)[O-].CCCCCCCCCCCCCCCCCCCCCCCCCCCCCCCc1ccccc1S(=O)(=O)[O-].[Ca+2]. The van der Waals surface area contributed by atoms with Crippen LogP contribution in [0.4, 0.5) is 0 Å². The van der Waals surface area contributed by atoms with Gasteiger partial charge in [-0.25, -0.2) is 16.8 Å². The Labute approximate surface area is 547 Å². The van der Waals surface area contributed by atoms with E-state index in [4.69, 9.17) is 0 Å². The summed E-state index contributed by atoms with van der Waals surface area (Å²) in [6.07, 6.45) is 81.9. The van der Waals surface area contributed by atoms with Crippen LogP contribution in [0.2, 0.25) is 0 Å². The zero-order chi connectivity index (χ0) is 59.4. The van der Waals surface area contributed by atoms with E-state index in [0.29, 0.717) is 24.0 Å². The second-order valence-corrected chi connectivity index (χ2v) is 28.1. The summed E-state index contributed by atoms with van der Waals surface area (Å²) in [5.74, 6) is 0. The van der Waals surface area contributed by atoms with Crippen LogP contribution in [-0.4, -0.2) is 63.7 Å². The molecule has 0 radical (unpaired) electrons. The average Bonchev–Trinajstić information content (AvgIpc) is 3.46. The van der Waals surface area contributed by atoms with Gasteiger partial charge < -0.3 is 9.11 Å². The molecule has 2 aromatic carbocycles. The van der Waals surface area contributed by atoms with Gasteiger partial charge in [-0.15, -0.1) is 0 Å². The first-order valence-corrected chi connectivity index (χ1v) is 39.0. The standard InChI is InChI=1S/2C37H68O3S.Ca/c2*1-2-3-4-5-6-7-8-9-10-11-12-13-14-15-16-17-18-19-20-21-22-23-24-25-26-27-28-29-30-33-36-34-31-32-35-37(36)41(38,39)40;/h2*31-32,34-35H,2-30,33H2,1H3,(H,38,39,40);/q;;+2/p-2. The second-order valence-electron chi connectivity index (χ2n) is 25.4. The Bertz CT molecular complexity index is 1720. The van der Waals surface area contributed by atoms with Crippen molar-refractivity contribution >= 4 is 58.0 Å². The van der Waals surface area contributed by atoms with Crippen LogP contribution in [0.1, 0.15) is 397 Å². The third-order valence-corrected chi connectivity index (χ3v) is 19.5. The molecule has 0 atom stereocenters. The molecule has 9 heteroatoms. The molecule has 0 heterocycles. The summed E-state index contributed by atoms with van der Waals surface area (Å²) in [5.41, 5.74) is 1.35. The zero-order valence-electron chi connectivity index (χ0n) is 55.0. The number of aryl methyl sites for hydroxylation is 2. The smallest absolute Gasteiger partial charge is 0.744 e. The Balaban J connectivity index is 0.00000160. The minimum absolute atomic E-state index is 0. The van der Waals surface area contributed by atoms with Gasteiger partial charge in [0.25, 0.3) is 0 Å². The van der Waals surface area contributed by atoms with E-state index in [0.717, 1.165) is 25.7 Å². The molecule has 2 rings (SSSR count). The van der Waals surface area contributed by atoms with Crippen LogP contribution in [0.25, 0.3) is 0 Å². The van der Waals surface area contributed by atoms with E-state index >= 15 is 0 Å². The molecule has 0 aliphatic heterocycles. The molecule has 0 aliphatic carbocycles. The van der Waals surface area contributed by atoms with Crippen LogP contribution in [0.5, 0.6) is 0 Å². The van der Waals surface area contributed by atoms with Gasteiger partial charge in [0, 0.05) is 0 Å². The first kappa shape index (κ1) is 82.5. The van der Waals surface area contributed by atoms with E-state index < -0.39 is 20.2 Å². The molecule has 0 unspecified atom stereocenters. The molecule has 2 aromatic rings. The quantitative estimate of drug-likeness (QED) is 0.0370. The van der Waals surface area contributed by atoms with Crippen molar-refractivity contribution in [3.63, 3.8) is 0 Å². The predicted octanol–water partition coefficient (Wildman–Crippen LogP) is 24.6. The number of benzene rings is 2. The van der Waals surface area contributed by atoms with Gasteiger partial charge in [0.05, 0.1) is 9.79 Å². The summed E-state index contributed by atoms with van der Waals surface area (Å²) in [6, 6.07) is 13.3. The normalized spacial score (nSPS) is 11.7. The Kier molecular flexibility index (Phi) is 62.7. The molecule has 0 saturated carbocycles. The fourth-order valence-electron chi connectivity index (χ4n) is 12.2. The van der Waals surface area contributed by atoms with Gasteiger partial charge in [-0.2, -0.15) is 0 Å². The monoisotopic (exact) mass is 1220 g/mol. The van der Waals surface area contributed by atoms with Gasteiger partial charge in [-0.05, 0) is 48.9 Å². The summed E-state index contributed by atoms with van der Waals surface area (Å²) in [4.78, 5) is -0.0829. The summed E-state index contributed by atoms with van der Waals surface area (Å²) in [6.45, 7) is 4.59. The van der Waals surface area contributed by atoms with Crippen molar-refractivity contribution in [1.82, 2.24) is 0 Å². The van der Waals surface area contributed by atoms with Crippen LogP contribution in [0.15, 0.2) is 58.3 Å². The Morgan fingerprint density at radius 3 is 0.506 bits per heavy atom. The van der Waals surface area contributed by atoms with E-state index in [1.807, 2.05) is 12.1 Å². The van der Waals surface area contributed by atoms with Crippen molar-refractivity contribution in [3.05, 3.63) is 59.7 Å². The summed E-state index contributed by atoms with van der Waals surface area (Å²) in [5, 5.41) is 0. The number of unbranched alkanes of at least 4 members (excludes halogenated alkanes) is 56. The Morgan fingerprint density at radius 1 is 0.229 bits per heavy atom. The topological polar surface area (TPSA) is 114 Å². The van der Waals surface area contributed by atoms with Crippen molar-refractivity contribution < 1.29 is 25.9 Å². The zero-order valence-corrected chi connectivity index (χ0v) is 58.9. The number of rotatable bonds is 62. The molecule has 0 saturated heterocycles. The van der Waals surface area contributed by atoms with E-state index in [-0.39, 0.29) is 47.5 Å². The fraction of sp³-hybridized carbons (Fsp3) is 0.838. The number of hydrogen-bond acceptors (Lipinski definition) is 6. The summed E-state index contributed by atoms with van der Waals surface area (Å²) in [7, 11) is -8.73. The van der Waals surface area contributed by atoms with E-state index in [1.54, 1.807) is 24.3 Å². The van der Waals surface area contributed by atoms with Crippen molar-refractivity contribution in [2.45, 2.75) is 409 Å². The van der Waals surface area contributed by atoms with Gasteiger partial charge in [0.2, 0.25) is 0 Å². The molecule has 480 valence electrons. The predicted molar refractivity (Wildman–Crippen MR) is 361 cm³/mol. The first-order chi connectivity index (χ1) is 40.1. The molecule has 0 amide bonds. The van der Waals surface area contributed by atoms with Crippen LogP contribution in [0.3, 0.4) is 0 Å². The van der Waals surface area contributed by atoms with Gasteiger partial charge >= 0.3 is 37.7 Å². The van der Waals surface area contributed by atoms with Crippen LogP contribution < -0.4 is 0 Å². The molecular formula is C74H134CaO6S2. The van der Waals surface area contributed by atoms with Crippen LogP contribution >= 0.6 is 0 Å². The Morgan fingerprint density at radius 2 is 0.361 bits per heavy atom.